The summed E-state index contributed by atoms with van der Waals surface area (Å²) in [7, 11) is 0. The Morgan fingerprint density at radius 2 is 2.24 bits per heavy atom. The number of H-pyrrole nitrogens is 1. The van der Waals surface area contributed by atoms with Crippen molar-refractivity contribution in [1.82, 2.24) is 15.5 Å². The molecule has 0 saturated heterocycles. The highest BCUT2D eigenvalue weighted by Gasteiger charge is 2.35. The fourth-order valence-electron chi connectivity index (χ4n) is 1.56. The minimum Gasteiger partial charge on any atom is -0.356 e. The Balaban J connectivity index is 1.86. The van der Waals surface area contributed by atoms with E-state index in [4.69, 9.17) is 0 Å². The number of halogens is 3. The van der Waals surface area contributed by atoms with E-state index < -0.39 is 11.9 Å². The van der Waals surface area contributed by atoms with Crippen molar-refractivity contribution in [3.05, 3.63) is 17.5 Å². The van der Waals surface area contributed by atoms with E-state index in [1.807, 2.05) is 5.10 Å². The molecule has 1 aromatic rings. The van der Waals surface area contributed by atoms with Crippen molar-refractivity contribution in [3.8, 4) is 0 Å². The normalized spacial score (nSPS) is 15.9. The average molecular weight is 247 g/mol. The lowest BCUT2D eigenvalue weighted by Crippen LogP contribution is -2.27. The van der Waals surface area contributed by atoms with Gasteiger partial charge in [0.25, 0.3) is 0 Å². The van der Waals surface area contributed by atoms with Crippen LogP contribution in [0.2, 0.25) is 0 Å². The third-order valence-electron chi connectivity index (χ3n) is 2.64. The highest BCUT2D eigenvalue weighted by Crippen LogP contribution is 2.30. The Morgan fingerprint density at radius 3 is 2.82 bits per heavy atom. The number of amides is 1. The zero-order chi connectivity index (χ0) is 12.5. The minimum atomic E-state index is -4.42. The standard InChI is InChI=1S/C10H12F3N3O/c11-10(12,13)8-7(5-15-16-8)3-4-14-9(17)6-1-2-6/h5-6H,1-4H2,(H,14,17)(H,15,16). The van der Waals surface area contributed by atoms with Gasteiger partial charge in [0, 0.05) is 18.0 Å². The van der Waals surface area contributed by atoms with Crippen LogP contribution < -0.4 is 5.32 Å². The van der Waals surface area contributed by atoms with Crippen LogP contribution in [0.25, 0.3) is 0 Å². The van der Waals surface area contributed by atoms with Crippen LogP contribution in [0.3, 0.4) is 0 Å². The summed E-state index contributed by atoms with van der Waals surface area (Å²) in [6.45, 7) is 0.206. The van der Waals surface area contributed by atoms with Gasteiger partial charge in [-0.15, -0.1) is 0 Å². The van der Waals surface area contributed by atoms with E-state index in [9.17, 15) is 18.0 Å². The quantitative estimate of drug-likeness (QED) is 0.847. The maximum absolute atomic E-state index is 12.4. The minimum absolute atomic E-state index is 0.0675. The molecule has 1 amide bonds. The van der Waals surface area contributed by atoms with Crippen LogP contribution in [0.5, 0.6) is 0 Å². The molecule has 0 bridgehead atoms. The topological polar surface area (TPSA) is 57.8 Å². The van der Waals surface area contributed by atoms with E-state index in [-0.39, 0.29) is 30.4 Å². The summed E-state index contributed by atoms with van der Waals surface area (Å²) < 4.78 is 37.3. The number of carbonyl (C=O) groups is 1. The smallest absolute Gasteiger partial charge is 0.356 e. The molecular formula is C10H12F3N3O. The number of nitrogens with one attached hydrogen (secondary N) is 2. The van der Waals surface area contributed by atoms with Crippen molar-refractivity contribution in [2.24, 2.45) is 5.92 Å². The maximum Gasteiger partial charge on any atom is 0.433 e. The molecular weight excluding hydrogens is 235 g/mol. The number of hydrogen-bond acceptors (Lipinski definition) is 2. The Bertz CT molecular complexity index is 409. The highest BCUT2D eigenvalue weighted by atomic mass is 19.4. The van der Waals surface area contributed by atoms with Crippen molar-refractivity contribution >= 4 is 5.91 Å². The lowest BCUT2D eigenvalue weighted by molar-refractivity contribution is -0.141. The molecule has 1 aliphatic rings. The van der Waals surface area contributed by atoms with Crippen LogP contribution in [0.4, 0.5) is 13.2 Å². The molecule has 1 saturated carbocycles. The van der Waals surface area contributed by atoms with Gasteiger partial charge in [0.1, 0.15) is 5.69 Å². The third kappa shape index (κ3) is 2.98. The predicted octanol–water partition coefficient (Wildman–Crippen LogP) is 1.50. The zero-order valence-electron chi connectivity index (χ0n) is 8.97. The second-order valence-electron chi connectivity index (χ2n) is 4.08. The molecule has 0 atom stereocenters. The van der Waals surface area contributed by atoms with Crippen LogP contribution in [-0.2, 0) is 17.4 Å². The summed E-state index contributed by atoms with van der Waals surface area (Å²) in [5, 5.41) is 7.92. The summed E-state index contributed by atoms with van der Waals surface area (Å²) in [4.78, 5) is 11.3. The maximum atomic E-state index is 12.4. The average Bonchev–Trinajstić information content (AvgIpc) is 2.97. The molecule has 0 spiro atoms. The van der Waals surface area contributed by atoms with Gasteiger partial charge >= 0.3 is 6.18 Å². The van der Waals surface area contributed by atoms with E-state index in [1.54, 1.807) is 0 Å². The lowest BCUT2D eigenvalue weighted by Gasteiger charge is -2.07. The number of nitrogens with zero attached hydrogens (tertiary/aromatic N) is 1. The number of aromatic amines is 1. The molecule has 1 heterocycles. The molecule has 2 N–H and O–H groups in total. The van der Waals surface area contributed by atoms with Crippen molar-refractivity contribution in [2.75, 3.05) is 6.54 Å². The summed E-state index contributed by atoms with van der Waals surface area (Å²) in [5.74, 6) is 0.00323. The van der Waals surface area contributed by atoms with E-state index >= 15 is 0 Å². The van der Waals surface area contributed by atoms with Gasteiger partial charge in [0.05, 0.1) is 6.20 Å². The van der Waals surface area contributed by atoms with Gasteiger partial charge in [-0.25, -0.2) is 0 Å². The van der Waals surface area contributed by atoms with Crippen LogP contribution in [0.15, 0.2) is 6.20 Å². The van der Waals surface area contributed by atoms with Gasteiger partial charge in [0.2, 0.25) is 5.91 Å². The van der Waals surface area contributed by atoms with Crippen LogP contribution in [0, 0.1) is 5.92 Å². The summed E-state index contributed by atoms with van der Waals surface area (Å²) in [6, 6.07) is 0. The molecule has 1 aliphatic carbocycles. The van der Waals surface area contributed by atoms with Gasteiger partial charge < -0.3 is 5.32 Å². The molecule has 4 nitrogen and oxygen atoms in total. The highest BCUT2D eigenvalue weighted by molar-refractivity contribution is 5.80. The summed E-state index contributed by atoms with van der Waals surface area (Å²) >= 11 is 0. The second-order valence-corrected chi connectivity index (χ2v) is 4.08. The van der Waals surface area contributed by atoms with Crippen LogP contribution in [-0.4, -0.2) is 22.6 Å². The zero-order valence-corrected chi connectivity index (χ0v) is 8.97. The van der Waals surface area contributed by atoms with E-state index in [0.717, 1.165) is 19.0 Å². The molecule has 0 aromatic carbocycles. The Labute approximate surface area is 95.6 Å². The molecule has 94 valence electrons. The van der Waals surface area contributed by atoms with Crippen molar-refractivity contribution in [1.29, 1.82) is 0 Å². The Kier molecular flexibility index (Phi) is 3.08. The number of rotatable bonds is 4. The first-order valence-corrected chi connectivity index (χ1v) is 5.35. The number of alkyl halides is 3. The SMILES string of the molecule is O=C(NCCc1cn[nH]c1C(F)(F)F)C1CC1. The fourth-order valence-corrected chi connectivity index (χ4v) is 1.56. The second kappa shape index (κ2) is 4.38. The molecule has 7 heteroatoms. The summed E-state index contributed by atoms with van der Waals surface area (Å²) in [5.41, 5.74) is -0.758. The van der Waals surface area contributed by atoms with Crippen LogP contribution >= 0.6 is 0 Å². The van der Waals surface area contributed by atoms with Gasteiger partial charge in [-0.05, 0) is 19.3 Å². The van der Waals surface area contributed by atoms with Crippen molar-refractivity contribution < 1.29 is 18.0 Å². The number of aromatic nitrogens is 2. The van der Waals surface area contributed by atoms with Crippen molar-refractivity contribution in [2.45, 2.75) is 25.4 Å². The number of hydrogen-bond donors (Lipinski definition) is 2. The number of carbonyl (C=O) groups excluding carboxylic acids is 1. The largest absolute Gasteiger partial charge is 0.433 e. The first-order chi connectivity index (χ1) is 7.98. The molecule has 1 aromatic heterocycles. The van der Waals surface area contributed by atoms with Crippen LogP contribution in [0.1, 0.15) is 24.1 Å². The third-order valence-corrected chi connectivity index (χ3v) is 2.64. The molecule has 1 fully saturated rings. The molecule has 17 heavy (non-hydrogen) atoms. The van der Waals surface area contributed by atoms with Gasteiger partial charge in [-0.2, -0.15) is 18.3 Å². The van der Waals surface area contributed by atoms with Gasteiger partial charge in [-0.1, -0.05) is 0 Å². The molecule has 0 unspecified atom stereocenters. The van der Waals surface area contributed by atoms with E-state index in [2.05, 4.69) is 10.4 Å². The van der Waals surface area contributed by atoms with Gasteiger partial charge in [-0.3, -0.25) is 9.89 Å². The van der Waals surface area contributed by atoms with Gasteiger partial charge in [0.15, 0.2) is 0 Å². The first-order valence-electron chi connectivity index (χ1n) is 5.35. The molecule has 0 aliphatic heterocycles. The van der Waals surface area contributed by atoms with Crippen molar-refractivity contribution in [3.63, 3.8) is 0 Å². The lowest BCUT2D eigenvalue weighted by atomic mass is 10.2. The molecule has 2 rings (SSSR count). The fraction of sp³-hybridized carbons (Fsp3) is 0.600. The summed E-state index contributed by atoms with van der Waals surface area (Å²) in [6.07, 6.45) is -1.39. The molecule has 0 radical (unpaired) electrons. The van der Waals surface area contributed by atoms with E-state index in [1.165, 1.54) is 0 Å². The first kappa shape index (κ1) is 11.9. The monoisotopic (exact) mass is 247 g/mol. The van der Waals surface area contributed by atoms with E-state index in [0.29, 0.717) is 0 Å². The Hall–Kier alpha value is -1.53. The Morgan fingerprint density at radius 1 is 1.53 bits per heavy atom. The predicted molar refractivity (Wildman–Crippen MR) is 53.0 cm³/mol.